The van der Waals surface area contributed by atoms with E-state index in [4.69, 9.17) is 4.74 Å². The van der Waals surface area contributed by atoms with E-state index in [0.717, 1.165) is 51.4 Å². The third-order valence-electron chi connectivity index (χ3n) is 6.29. The molecule has 1 unspecified atom stereocenters. The molecular formula is C18H30N2O2. The Morgan fingerprint density at radius 2 is 1.68 bits per heavy atom. The molecule has 4 fully saturated rings. The summed E-state index contributed by atoms with van der Waals surface area (Å²) in [6.45, 7) is 5.32. The maximum absolute atomic E-state index is 12.2. The molecule has 3 heterocycles. The summed E-state index contributed by atoms with van der Waals surface area (Å²) in [5.41, 5.74) is 0.0701. The van der Waals surface area contributed by atoms with Gasteiger partial charge in [-0.25, -0.2) is 0 Å². The number of hydrogen-bond donors (Lipinski definition) is 0. The Morgan fingerprint density at radius 1 is 0.955 bits per heavy atom. The zero-order chi connectivity index (χ0) is 15.0. The van der Waals surface area contributed by atoms with Gasteiger partial charge >= 0.3 is 0 Å². The molecular weight excluding hydrogens is 276 g/mol. The van der Waals surface area contributed by atoms with Crippen LogP contribution in [0.4, 0.5) is 0 Å². The fraction of sp³-hybridized carbons (Fsp3) is 0.944. The first kappa shape index (κ1) is 14.9. The van der Waals surface area contributed by atoms with Gasteiger partial charge in [-0.1, -0.05) is 6.42 Å². The van der Waals surface area contributed by atoms with Crippen molar-refractivity contribution in [2.75, 3.05) is 32.8 Å². The van der Waals surface area contributed by atoms with Crippen LogP contribution in [0.1, 0.15) is 57.8 Å². The van der Waals surface area contributed by atoms with E-state index in [0.29, 0.717) is 11.8 Å². The lowest BCUT2D eigenvalue weighted by Crippen LogP contribution is -2.55. The molecule has 1 spiro atoms. The van der Waals surface area contributed by atoms with Crippen LogP contribution in [-0.2, 0) is 9.53 Å². The third kappa shape index (κ3) is 3.05. The van der Waals surface area contributed by atoms with Crippen molar-refractivity contribution >= 4 is 5.91 Å². The van der Waals surface area contributed by atoms with Crippen LogP contribution < -0.4 is 0 Å². The molecule has 1 aliphatic carbocycles. The van der Waals surface area contributed by atoms with Crippen LogP contribution in [0, 0.1) is 5.92 Å². The van der Waals surface area contributed by atoms with Gasteiger partial charge in [0, 0.05) is 31.7 Å². The molecule has 0 bridgehead atoms. The minimum atomic E-state index is 0.0701. The molecule has 0 aromatic rings. The van der Waals surface area contributed by atoms with Crippen molar-refractivity contribution in [1.82, 2.24) is 9.80 Å². The number of rotatable bonds is 2. The minimum absolute atomic E-state index is 0.0701. The Labute approximate surface area is 134 Å². The average Bonchev–Trinajstić information content (AvgIpc) is 3.41. The van der Waals surface area contributed by atoms with Gasteiger partial charge in [-0.2, -0.15) is 0 Å². The highest BCUT2D eigenvalue weighted by Gasteiger charge is 2.44. The summed E-state index contributed by atoms with van der Waals surface area (Å²) < 4.78 is 6.27. The Balaban J connectivity index is 1.34. The molecule has 0 aromatic heterocycles. The van der Waals surface area contributed by atoms with Crippen molar-refractivity contribution in [2.24, 2.45) is 5.92 Å². The van der Waals surface area contributed by atoms with E-state index in [1.54, 1.807) is 0 Å². The predicted molar refractivity (Wildman–Crippen MR) is 85.7 cm³/mol. The number of nitrogens with zero attached hydrogens (tertiary/aromatic N) is 2. The van der Waals surface area contributed by atoms with Gasteiger partial charge in [-0.05, 0) is 64.5 Å². The van der Waals surface area contributed by atoms with Crippen LogP contribution in [0.25, 0.3) is 0 Å². The first-order chi connectivity index (χ1) is 10.8. The number of ether oxygens (including phenoxy) is 1. The molecule has 22 heavy (non-hydrogen) atoms. The second-order valence-corrected chi connectivity index (χ2v) is 7.87. The third-order valence-corrected chi connectivity index (χ3v) is 6.29. The van der Waals surface area contributed by atoms with Gasteiger partial charge in [-0.15, -0.1) is 0 Å². The van der Waals surface area contributed by atoms with Crippen molar-refractivity contribution in [2.45, 2.75) is 69.4 Å². The van der Waals surface area contributed by atoms with E-state index in [9.17, 15) is 4.79 Å². The van der Waals surface area contributed by atoms with Crippen LogP contribution >= 0.6 is 0 Å². The Morgan fingerprint density at radius 3 is 2.36 bits per heavy atom. The minimum Gasteiger partial charge on any atom is -0.375 e. The summed E-state index contributed by atoms with van der Waals surface area (Å²) in [6.07, 6.45) is 10.9. The summed E-state index contributed by atoms with van der Waals surface area (Å²) in [4.78, 5) is 17.0. The molecule has 0 aromatic carbocycles. The monoisotopic (exact) mass is 306 g/mol. The first-order valence-corrected chi connectivity index (χ1v) is 9.43. The summed E-state index contributed by atoms with van der Waals surface area (Å²) >= 11 is 0. The summed E-state index contributed by atoms with van der Waals surface area (Å²) in [6, 6.07) is 0.722. The SMILES string of the molecule is O=C(C1CC1)N1CCC2(CC1)CC(N1CCCCC1)CCO2. The lowest BCUT2D eigenvalue weighted by molar-refractivity contribution is -0.150. The van der Waals surface area contributed by atoms with E-state index >= 15 is 0 Å². The maximum atomic E-state index is 12.2. The molecule has 1 atom stereocenters. The fourth-order valence-corrected chi connectivity index (χ4v) is 4.67. The van der Waals surface area contributed by atoms with Crippen molar-refractivity contribution in [3.8, 4) is 0 Å². The first-order valence-electron chi connectivity index (χ1n) is 9.43. The molecule has 4 aliphatic rings. The van der Waals surface area contributed by atoms with Gasteiger partial charge in [-0.3, -0.25) is 4.79 Å². The van der Waals surface area contributed by atoms with Crippen molar-refractivity contribution in [1.29, 1.82) is 0 Å². The van der Waals surface area contributed by atoms with Gasteiger partial charge in [0.25, 0.3) is 0 Å². The Kier molecular flexibility index (Phi) is 4.16. The standard InChI is InChI=1S/C18H30N2O2/c21-17(15-4-5-15)20-11-7-18(8-12-20)14-16(6-13-22-18)19-9-2-1-3-10-19/h15-16H,1-14H2. The number of amides is 1. The summed E-state index contributed by atoms with van der Waals surface area (Å²) in [7, 11) is 0. The molecule has 4 heteroatoms. The van der Waals surface area contributed by atoms with Crippen LogP contribution in [-0.4, -0.2) is 60.1 Å². The van der Waals surface area contributed by atoms with Gasteiger partial charge in [0.2, 0.25) is 5.91 Å². The smallest absolute Gasteiger partial charge is 0.225 e. The topological polar surface area (TPSA) is 32.8 Å². The van der Waals surface area contributed by atoms with Crippen LogP contribution in [0.5, 0.6) is 0 Å². The molecule has 4 nitrogen and oxygen atoms in total. The van der Waals surface area contributed by atoms with E-state index in [-0.39, 0.29) is 5.60 Å². The zero-order valence-electron chi connectivity index (χ0n) is 13.8. The second-order valence-electron chi connectivity index (χ2n) is 7.87. The van der Waals surface area contributed by atoms with Crippen LogP contribution in [0.15, 0.2) is 0 Å². The fourth-order valence-electron chi connectivity index (χ4n) is 4.67. The van der Waals surface area contributed by atoms with Crippen molar-refractivity contribution < 1.29 is 9.53 Å². The Hall–Kier alpha value is -0.610. The summed E-state index contributed by atoms with van der Waals surface area (Å²) in [5, 5.41) is 0. The number of hydrogen-bond acceptors (Lipinski definition) is 3. The number of likely N-dealkylation sites (tertiary alicyclic amines) is 2. The highest BCUT2D eigenvalue weighted by atomic mass is 16.5. The molecule has 1 amide bonds. The largest absolute Gasteiger partial charge is 0.375 e. The molecule has 3 saturated heterocycles. The number of carbonyl (C=O) groups is 1. The molecule has 4 rings (SSSR count). The van der Waals surface area contributed by atoms with Gasteiger partial charge in [0.05, 0.1) is 5.60 Å². The van der Waals surface area contributed by atoms with Crippen molar-refractivity contribution in [3.05, 3.63) is 0 Å². The number of piperidine rings is 2. The van der Waals surface area contributed by atoms with Gasteiger partial charge < -0.3 is 14.5 Å². The lowest BCUT2D eigenvalue weighted by atomic mass is 9.81. The van der Waals surface area contributed by atoms with Crippen LogP contribution in [0.3, 0.4) is 0 Å². The Bertz CT molecular complexity index is 407. The zero-order valence-corrected chi connectivity index (χ0v) is 13.8. The number of carbonyl (C=O) groups excluding carboxylic acids is 1. The van der Waals surface area contributed by atoms with E-state index in [1.807, 2.05) is 0 Å². The molecule has 124 valence electrons. The average molecular weight is 306 g/mol. The normalized spacial score (nSPS) is 33.1. The van der Waals surface area contributed by atoms with E-state index in [2.05, 4.69) is 9.80 Å². The summed E-state index contributed by atoms with van der Waals surface area (Å²) in [5.74, 6) is 0.778. The molecule has 0 radical (unpaired) electrons. The van der Waals surface area contributed by atoms with E-state index in [1.165, 1.54) is 45.2 Å². The predicted octanol–water partition coefficient (Wildman–Crippen LogP) is 2.42. The van der Waals surface area contributed by atoms with Crippen molar-refractivity contribution in [3.63, 3.8) is 0 Å². The van der Waals surface area contributed by atoms with Gasteiger partial charge in [0.1, 0.15) is 0 Å². The highest BCUT2D eigenvalue weighted by Crippen LogP contribution is 2.39. The van der Waals surface area contributed by atoms with Gasteiger partial charge in [0.15, 0.2) is 0 Å². The maximum Gasteiger partial charge on any atom is 0.225 e. The lowest BCUT2D eigenvalue weighted by Gasteiger charge is -2.49. The molecule has 1 saturated carbocycles. The molecule has 3 aliphatic heterocycles. The second kappa shape index (κ2) is 6.12. The highest BCUT2D eigenvalue weighted by molar-refractivity contribution is 5.81. The van der Waals surface area contributed by atoms with E-state index < -0.39 is 0 Å². The quantitative estimate of drug-likeness (QED) is 0.785. The molecule has 0 N–H and O–H groups in total. The van der Waals surface area contributed by atoms with Crippen LogP contribution in [0.2, 0.25) is 0 Å².